The van der Waals surface area contributed by atoms with Gasteiger partial charge in [0.05, 0.1) is 6.04 Å². The molecule has 1 unspecified atom stereocenters. The lowest BCUT2D eigenvalue weighted by Crippen LogP contribution is -2.48. The van der Waals surface area contributed by atoms with Gasteiger partial charge in [0.1, 0.15) is 17.9 Å². The fraction of sp³-hybridized carbons (Fsp3) is 0.619. The molecule has 1 heterocycles. The van der Waals surface area contributed by atoms with Gasteiger partial charge in [0.15, 0.2) is 5.96 Å². The summed E-state index contributed by atoms with van der Waals surface area (Å²) in [6.45, 7) is 4.35. The number of likely N-dealkylation sites (N-methyl/N-ethyl adjacent to an activating group) is 1. The van der Waals surface area contributed by atoms with Crippen LogP contribution in [0.3, 0.4) is 0 Å². The summed E-state index contributed by atoms with van der Waals surface area (Å²) in [6, 6.07) is 8.66. The Labute approximate surface area is 185 Å². The van der Waals surface area contributed by atoms with Gasteiger partial charge in [-0.05, 0) is 32.8 Å². The Kier molecular flexibility index (Phi) is 7.97. The Hall–Kier alpha value is -1.51. The fourth-order valence-electron chi connectivity index (χ4n) is 3.78. The van der Waals surface area contributed by atoms with Gasteiger partial charge >= 0.3 is 0 Å². The first kappa shape index (κ1) is 22.8. The molecule has 1 aliphatic heterocycles. The van der Waals surface area contributed by atoms with E-state index < -0.39 is 0 Å². The smallest absolute Gasteiger partial charge is 0.243 e. The van der Waals surface area contributed by atoms with Crippen molar-refractivity contribution in [2.45, 2.75) is 63.6 Å². The molecule has 1 fully saturated rings. The number of hydrogen-bond donors (Lipinski definition) is 2. The van der Waals surface area contributed by atoms with Crippen molar-refractivity contribution in [2.24, 2.45) is 4.99 Å². The third kappa shape index (κ3) is 5.99. The number of halogens is 1. The van der Waals surface area contributed by atoms with Gasteiger partial charge in [0, 0.05) is 32.1 Å². The van der Waals surface area contributed by atoms with Gasteiger partial charge in [-0.1, -0.05) is 31.0 Å². The molecular formula is C21H33IN4O2. The number of hydrogen-bond acceptors (Lipinski definition) is 3. The average molecular weight is 500 g/mol. The Balaban J connectivity index is 0.00000280. The standard InChI is InChI=1S/C21H32N4O2.HI/c1-21(2)13-17(16-11-7-8-12-18(16)27-21)24-20(22-14-19(26)25(3)4)23-15-9-5-6-10-15;/h7-8,11-12,15,17H,5-6,9-10,13-14H2,1-4H3,(H2,22,23,24);1H. The fourth-order valence-corrected chi connectivity index (χ4v) is 3.78. The topological polar surface area (TPSA) is 66.0 Å². The zero-order valence-corrected chi connectivity index (χ0v) is 19.7. The number of nitrogens with zero attached hydrogens (tertiary/aromatic N) is 2. The maximum absolute atomic E-state index is 12.0. The second-order valence-corrected chi connectivity index (χ2v) is 8.38. The molecule has 0 bridgehead atoms. The summed E-state index contributed by atoms with van der Waals surface area (Å²) < 4.78 is 6.13. The number of carbonyl (C=O) groups excluding carboxylic acids is 1. The van der Waals surface area contributed by atoms with Crippen molar-refractivity contribution in [1.82, 2.24) is 15.5 Å². The number of para-hydroxylation sites is 1. The zero-order chi connectivity index (χ0) is 19.4. The molecule has 3 rings (SSSR count). The van der Waals surface area contributed by atoms with E-state index in [-0.39, 0.29) is 48.1 Å². The number of nitrogens with one attached hydrogen (secondary N) is 2. The quantitative estimate of drug-likeness (QED) is 0.378. The molecule has 156 valence electrons. The molecule has 2 aliphatic rings. The van der Waals surface area contributed by atoms with E-state index >= 15 is 0 Å². The molecule has 0 saturated heterocycles. The molecule has 1 aromatic carbocycles. The SMILES string of the molecule is CN(C)C(=O)CN=C(NC1CCCC1)NC1CC(C)(C)Oc2ccccc21.I. The third-order valence-electron chi connectivity index (χ3n) is 5.25. The van der Waals surface area contributed by atoms with Gasteiger partial charge in [-0.15, -0.1) is 24.0 Å². The number of aliphatic imine (C=N–C) groups is 1. The van der Waals surface area contributed by atoms with Crippen molar-refractivity contribution < 1.29 is 9.53 Å². The maximum Gasteiger partial charge on any atom is 0.243 e. The third-order valence-corrected chi connectivity index (χ3v) is 5.25. The number of ether oxygens (including phenoxy) is 1. The summed E-state index contributed by atoms with van der Waals surface area (Å²) in [6.07, 6.45) is 5.62. The van der Waals surface area contributed by atoms with E-state index in [0.29, 0.717) is 6.04 Å². The van der Waals surface area contributed by atoms with Crippen LogP contribution in [0, 0.1) is 0 Å². The minimum absolute atomic E-state index is 0. The molecule has 1 atom stereocenters. The van der Waals surface area contributed by atoms with Gasteiger partial charge in [-0.3, -0.25) is 4.79 Å². The summed E-state index contributed by atoms with van der Waals surface area (Å²) in [5.41, 5.74) is 0.876. The van der Waals surface area contributed by atoms with Crippen LogP contribution in [0.25, 0.3) is 0 Å². The largest absolute Gasteiger partial charge is 0.487 e. The van der Waals surface area contributed by atoms with Gasteiger partial charge in [0.25, 0.3) is 0 Å². The number of rotatable bonds is 4. The van der Waals surface area contributed by atoms with E-state index in [4.69, 9.17) is 4.74 Å². The number of guanidine groups is 1. The average Bonchev–Trinajstić information content (AvgIpc) is 3.11. The van der Waals surface area contributed by atoms with Crippen molar-refractivity contribution in [3.05, 3.63) is 29.8 Å². The van der Waals surface area contributed by atoms with E-state index in [2.05, 4.69) is 35.5 Å². The molecule has 0 spiro atoms. The van der Waals surface area contributed by atoms with Crippen LogP contribution in [0.2, 0.25) is 0 Å². The van der Waals surface area contributed by atoms with E-state index in [0.717, 1.165) is 36.5 Å². The first-order valence-corrected chi connectivity index (χ1v) is 9.90. The summed E-state index contributed by atoms with van der Waals surface area (Å²) in [7, 11) is 3.51. The monoisotopic (exact) mass is 500 g/mol. The van der Waals surface area contributed by atoms with Crippen molar-refractivity contribution in [2.75, 3.05) is 20.6 Å². The molecule has 0 aromatic heterocycles. The van der Waals surface area contributed by atoms with Crippen molar-refractivity contribution in [3.63, 3.8) is 0 Å². The predicted octanol–water partition coefficient (Wildman–Crippen LogP) is 3.47. The van der Waals surface area contributed by atoms with Crippen molar-refractivity contribution in [3.8, 4) is 5.75 Å². The van der Waals surface area contributed by atoms with E-state index in [1.807, 2.05) is 18.2 Å². The second kappa shape index (κ2) is 9.80. The number of fused-ring (bicyclic) bond motifs is 1. The van der Waals surface area contributed by atoms with Gasteiger partial charge in [0.2, 0.25) is 5.91 Å². The highest BCUT2D eigenvalue weighted by Gasteiger charge is 2.34. The summed E-state index contributed by atoms with van der Waals surface area (Å²) in [5, 5.41) is 7.12. The lowest BCUT2D eigenvalue weighted by Gasteiger charge is -2.38. The van der Waals surface area contributed by atoms with Crippen LogP contribution in [-0.4, -0.2) is 49.0 Å². The number of amides is 1. The Bertz CT molecular complexity index is 699. The lowest BCUT2D eigenvalue weighted by molar-refractivity contribution is -0.127. The molecule has 28 heavy (non-hydrogen) atoms. The number of carbonyl (C=O) groups is 1. The highest BCUT2D eigenvalue weighted by Crippen LogP contribution is 2.39. The van der Waals surface area contributed by atoms with E-state index in [1.165, 1.54) is 12.8 Å². The van der Waals surface area contributed by atoms with Crippen molar-refractivity contribution in [1.29, 1.82) is 0 Å². The predicted molar refractivity (Wildman–Crippen MR) is 123 cm³/mol. The lowest BCUT2D eigenvalue weighted by atomic mass is 9.90. The summed E-state index contributed by atoms with van der Waals surface area (Å²) in [4.78, 5) is 18.2. The minimum Gasteiger partial charge on any atom is -0.487 e. The summed E-state index contributed by atoms with van der Waals surface area (Å²) in [5.74, 6) is 1.63. The highest BCUT2D eigenvalue weighted by atomic mass is 127. The normalized spacial score (nSPS) is 21.1. The van der Waals surface area contributed by atoms with Gasteiger partial charge < -0.3 is 20.3 Å². The Morgan fingerprint density at radius 3 is 2.57 bits per heavy atom. The Morgan fingerprint density at radius 2 is 1.89 bits per heavy atom. The molecule has 1 aliphatic carbocycles. The minimum atomic E-state index is -0.260. The van der Waals surface area contributed by atoms with Crippen LogP contribution in [0.1, 0.15) is 57.6 Å². The van der Waals surface area contributed by atoms with Crippen LogP contribution < -0.4 is 15.4 Å². The van der Waals surface area contributed by atoms with Crippen LogP contribution in [-0.2, 0) is 4.79 Å². The van der Waals surface area contributed by atoms with Gasteiger partial charge in [-0.2, -0.15) is 0 Å². The first-order valence-electron chi connectivity index (χ1n) is 9.90. The molecule has 6 nitrogen and oxygen atoms in total. The maximum atomic E-state index is 12.0. The molecule has 7 heteroatoms. The van der Waals surface area contributed by atoms with Crippen LogP contribution >= 0.6 is 24.0 Å². The van der Waals surface area contributed by atoms with E-state index in [1.54, 1.807) is 19.0 Å². The molecule has 1 aromatic rings. The molecule has 1 amide bonds. The van der Waals surface area contributed by atoms with Crippen LogP contribution in [0.5, 0.6) is 5.75 Å². The molecule has 2 N–H and O–H groups in total. The second-order valence-electron chi connectivity index (χ2n) is 8.38. The molecule has 0 radical (unpaired) electrons. The highest BCUT2D eigenvalue weighted by molar-refractivity contribution is 14.0. The zero-order valence-electron chi connectivity index (χ0n) is 17.3. The van der Waals surface area contributed by atoms with Crippen LogP contribution in [0.15, 0.2) is 29.3 Å². The van der Waals surface area contributed by atoms with Crippen LogP contribution in [0.4, 0.5) is 0 Å². The molecule has 1 saturated carbocycles. The first-order chi connectivity index (χ1) is 12.8. The summed E-state index contributed by atoms with van der Waals surface area (Å²) >= 11 is 0. The van der Waals surface area contributed by atoms with Gasteiger partial charge in [-0.25, -0.2) is 4.99 Å². The van der Waals surface area contributed by atoms with Crippen molar-refractivity contribution >= 4 is 35.8 Å². The number of benzene rings is 1. The molecular weight excluding hydrogens is 467 g/mol. The van der Waals surface area contributed by atoms with E-state index in [9.17, 15) is 4.79 Å². The Morgan fingerprint density at radius 1 is 1.21 bits per heavy atom.